The molecule has 2 N–H and O–H groups in total. The van der Waals surface area contributed by atoms with Crippen LogP contribution in [0.4, 0.5) is 11.4 Å². The Balaban J connectivity index is 2.09. The maximum absolute atomic E-state index is 8.86. The molecule has 2 aromatic rings. The Kier molecular flexibility index (Phi) is 2.53. The second kappa shape index (κ2) is 4.18. The molecule has 1 heterocycles. The lowest BCUT2D eigenvalue weighted by Crippen LogP contribution is -2.15. The summed E-state index contributed by atoms with van der Waals surface area (Å²) in [6, 6.07) is 12.4. The molecular formula is C14H14N2O. The maximum Gasteiger partial charge on any atom is 0.107 e. The standard InChI is InChI=1S/C14H14N2O/c17-9-3-8-13-15-11-6-1-4-10-5-2-7-12(16-13)14(10)11/h1-2,4-7,17H,3,8-9H2,(H,15,16). The molecule has 2 aromatic carbocycles. The Bertz CT molecular complexity index is 585. The second-order valence-corrected chi connectivity index (χ2v) is 4.19. The third-order valence-corrected chi connectivity index (χ3v) is 2.99. The van der Waals surface area contributed by atoms with Crippen LogP contribution in [0.5, 0.6) is 0 Å². The van der Waals surface area contributed by atoms with Gasteiger partial charge in [0.05, 0.1) is 5.69 Å². The summed E-state index contributed by atoms with van der Waals surface area (Å²) in [5.41, 5.74) is 2.13. The van der Waals surface area contributed by atoms with Crippen molar-refractivity contribution in [2.75, 3.05) is 11.9 Å². The minimum absolute atomic E-state index is 0.201. The number of nitrogens with one attached hydrogen (secondary N) is 1. The van der Waals surface area contributed by atoms with Crippen molar-refractivity contribution < 1.29 is 5.11 Å². The van der Waals surface area contributed by atoms with E-state index in [1.165, 1.54) is 10.8 Å². The van der Waals surface area contributed by atoms with E-state index in [9.17, 15) is 0 Å². The number of anilines is 1. The zero-order chi connectivity index (χ0) is 11.7. The van der Waals surface area contributed by atoms with Crippen molar-refractivity contribution in [3.63, 3.8) is 0 Å². The van der Waals surface area contributed by atoms with Crippen LogP contribution in [0.3, 0.4) is 0 Å². The third-order valence-electron chi connectivity index (χ3n) is 2.99. The summed E-state index contributed by atoms with van der Waals surface area (Å²) in [7, 11) is 0. The van der Waals surface area contributed by atoms with Gasteiger partial charge in [-0.15, -0.1) is 0 Å². The molecule has 0 amide bonds. The van der Waals surface area contributed by atoms with Crippen molar-refractivity contribution in [1.82, 2.24) is 0 Å². The van der Waals surface area contributed by atoms with Gasteiger partial charge >= 0.3 is 0 Å². The van der Waals surface area contributed by atoms with Crippen molar-refractivity contribution in [2.24, 2.45) is 4.99 Å². The molecule has 0 atom stereocenters. The lowest BCUT2D eigenvalue weighted by Gasteiger charge is -2.18. The Labute approximate surface area is 99.8 Å². The monoisotopic (exact) mass is 226 g/mol. The molecule has 1 aliphatic rings. The van der Waals surface area contributed by atoms with Crippen LogP contribution in [0.15, 0.2) is 41.4 Å². The van der Waals surface area contributed by atoms with Gasteiger partial charge in [0.1, 0.15) is 5.84 Å². The van der Waals surface area contributed by atoms with Gasteiger partial charge < -0.3 is 10.4 Å². The van der Waals surface area contributed by atoms with Gasteiger partial charge in [-0.2, -0.15) is 0 Å². The van der Waals surface area contributed by atoms with E-state index >= 15 is 0 Å². The Hall–Kier alpha value is -1.87. The molecule has 0 radical (unpaired) electrons. The van der Waals surface area contributed by atoms with Gasteiger partial charge in [0, 0.05) is 24.1 Å². The summed E-state index contributed by atoms with van der Waals surface area (Å²) in [5, 5.41) is 14.6. The fraction of sp³-hybridized carbons (Fsp3) is 0.214. The summed E-state index contributed by atoms with van der Waals surface area (Å²) in [6.45, 7) is 0.201. The molecule has 3 nitrogen and oxygen atoms in total. The minimum Gasteiger partial charge on any atom is -0.396 e. The van der Waals surface area contributed by atoms with E-state index in [-0.39, 0.29) is 6.61 Å². The number of hydrogen-bond acceptors (Lipinski definition) is 3. The summed E-state index contributed by atoms with van der Waals surface area (Å²) in [6.07, 6.45) is 1.52. The van der Waals surface area contributed by atoms with Crippen LogP contribution in [0.2, 0.25) is 0 Å². The zero-order valence-electron chi connectivity index (χ0n) is 9.48. The van der Waals surface area contributed by atoms with E-state index in [1.807, 2.05) is 18.2 Å². The van der Waals surface area contributed by atoms with Crippen LogP contribution >= 0.6 is 0 Å². The average Bonchev–Trinajstić information content (AvgIpc) is 2.37. The van der Waals surface area contributed by atoms with Crippen molar-refractivity contribution in [2.45, 2.75) is 12.8 Å². The lowest BCUT2D eigenvalue weighted by molar-refractivity contribution is 0.291. The fourth-order valence-corrected chi connectivity index (χ4v) is 2.21. The van der Waals surface area contributed by atoms with E-state index in [2.05, 4.69) is 28.5 Å². The first-order valence-electron chi connectivity index (χ1n) is 5.86. The molecule has 0 saturated carbocycles. The summed E-state index contributed by atoms with van der Waals surface area (Å²) >= 11 is 0. The van der Waals surface area contributed by atoms with Gasteiger partial charge in [-0.25, -0.2) is 4.99 Å². The highest BCUT2D eigenvalue weighted by Gasteiger charge is 2.13. The molecule has 0 aliphatic carbocycles. The molecule has 17 heavy (non-hydrogen) atoms. The van der Waals surface area contributed by atoms with E-state index in [4.69, 9.17) is 5.11 Å². The third kappa shape index (κ3) is 1.78. The molecule has 0 spiro atoms. The summed E-state index contributed by atoms with van der Waals surface area (Å²) in [4.78, 5) is 4.60. The van der Waals surface area contributed by atoms with Crippen LogP contribution in [0, 0.1) is 0 Å². The number of amidine groups is 1. The SMILES string of the molecule is OCCCC1=Nc2cccc3cccc(c23)N1. The Morgan fingerprint density at radius 3 is 2.76 bits per heavy atom. The van der Waals surface area contributed by atoms with Crippen LogP contribution in [-0.4, -0.2) is 17.5 Å². The summed E-state index contributed by atoms with van der Waals surface area (Å²) in [5.74, 6) is 0.935. The molecule has 3 heteroatoms. The molecule has 1 aliphatic heterocycles. The predicted octanol–water partition coefficient (Wildman–Crippen LogP) is 3.07. The van der Waals surface area contributed by atoms with Crippen molar-refractivity contribution in [3.8, 4) is 0 Å². The van der Waals surface area contributed by atoms with E-state index in [0.29, 0.717) is 0 Å². The van der Waals surface area contributed by atoms with Crippen LogP contribution in [0.25, 0.3) is 10.8 Å². The number of benzene rings is 2. The molecule has 0 unspecified atom stereocenters. The molecule has 86 valence electrons. The first-order chi connectivity index (χ1) is 8.38. The van der Waals surface area contributed by atoms with Crippen molar-refractivity contribution >= 4 is 28.0 Å². The highest BCUT2D eigenvalue weighted by molar-refractivity contribution is 6.13. The Morgan fingerprint density at radius 2 is 1.94 bits per heavy atom. The topological polar surface area (TPSA) is 44.6 Å². The predicted molar refractivity (Wildman–Crippen MR) is 71.0 cm³/mol. The quantitative estimate of drug-likeness (QED) is 0.844. The van der Waals surface area contributed by atoms with Gasteiger partial charge in [0.2, 0.25) is 0 Å². The van der Waals surface area contributed by atoms with Gasteiger partial charge in [0.15, 0.2) is 0 Å². The molecule has 0 bridgehead atoms. The normalized spacial score (nSPS) is 13.4. The first-order valence-corrected chi connectivity index (χ1v) is 5.86. The zero-order valence-corrected chi connectivity index (χ0v) is 9.48. The molecule has 0 aromatic heterocycles. The number of aliphatic hydroxyl groups is 1. The number of aliphatic hydroxyl groups excluding tert-OH is 1. The number of rotatable bonds is 3. The molecular weight excluding hydrogens is 212 g/mol. The highest BCUT2D eigenvalue weighted by Crippen LogP contribution is 2.35. The van der Waals surface area contributed by atoms with Crippen molar-refractivity contribution in [3.05, 3.63) is 36.4 Å². The maximum atomic E-state index is 8.86. The lowest BCUT2D eigenvalue weighted by atomic mass is 10.0. The van der Waals surface area contributed by atoms with E-state index in [0.717, 1.165) is 30.1 Å². The van der Waals surface area contributed by atoms with Gasteiger partial charge in [-0.05, 0) is 23.9 Å². The first kappa shape index (κ1) is 10.3. The smallest absolute Gasteiger partial charge is 0.107 e. The van der Waals surface area contributed by atoms with Crippen LogP contribution in [-0.2, 0) is 0 Å². The number of aliphatic imine (C=N–C) groups is 1. The van der Waals surface area contributed by atoms with Crippen molar-refractivity contribution in [1.29, 1.82) is 0 Å². The number of hydrogen-bond donors (Lipinski definition) is 2. The van der Waals surface area contributed by atoms with Gasteiger partial charge in [0.25, 0.3) is 0 Å². The van der Waals surface area contributed by atoms with E-state index < -0.39 is 0 Å². The largest absolute Gasteiger partial charge is 0.396 e. The van der Waals surface area contributed by atoms with Crippen LogP contribution < -0.4 is 5.32 Å². The highest BCUT2D eigenvalue weighted by atomic mass is 16.2. The minimum atomic E-state index is 0.201. The number of nitrogens with zero attached hydrogens (tertiary/aromatic N) is 1. The molecule has 0 fully saturated rings. The van der Waals surface area contributed by atoms with E-state index in [1.54, 1.807) is 0 Å². The van der Waals surface area contributed by atoms with Crippen LogP contribution in [0.1, 0.15) is 12.8 Å². The fourth-order valence-electron chi connectivity index (χ4n) is 2.21. The second-order valence-electron chi connectivity index (χ2n) is 4.19. The average molecular weight is 226 g/mol. The summed E-state index contributed by atoms with van der Waals surface area (Å²) < 4.78 is 0. The van der Waals surface area contributed by atoms with Gasteiger partial charge in [-0.3, -0.25) is 0 Å². The Morgan fingerprint density at radius 1 is 1.12 bits per heavy atom. The molecule has 0 saturated heterocycles. The van der Waals surface area contributed by atoms with Gasteiger partial charge in [-0.1, -0.05) is 24.3 Å². The molecule has 3 rings (SSSR count).